The van der Waals surface area contributed by atoms with Gasteiger partial charge in [0, 0.05) is 23.2 Å². The van der Waals surface area contributed by atoms with Crippen LogP contribution in [0.25, 0.3) is 0 Å². The lowest BCUT2D eigenvalue weighted by Crippen LogP contribution is -2.37. The van der Waals surface area contributed by atoms with Crippen molar-refractivity contribution in [3.05, 3.63) is 71.3 Å². The fourth-order valence-electron chi connectivity index (χ4n) is 4.53. The summed E-state index contributed by atoms with van der Waals surface area (Å²) in [4.78, 5) is 28.7. The maximum Gasteiger partial charge on any atom is 0.573 e. The molecule has 1 saturated carbocycles. The van der Waals surface area contributed by atoms with Crippen LogP contribution in [0.1, 0.15) is 58.0 Å². The van der Waals surface area contributed by atoms with Crippen LogP contribution in [0.3, 0.4) is 0 Å². The van der Waals surface area contributed by atoms with E-state index in [9.17, 15) is 22.8 Å². The van der Waals surface area contributed by atoms with Gasteiger partial charge in [-0.05, 0) is 60.7 Å². The van der Waals surface area contributed by atoms with E-state index in [-0.39, 0.29) is 34.5 Å². The Bertz CT molecular complexity index is 1460. The van der Waals surface area contributed by atoms with Crippen molar-refractivity contribution in [2.24, 2.45) is 5.73 Å². The average Bonchev–Trinajstić information content (AvgIpc) is 3.39. The number of carbonyl (C=O) groups excluding carboxylic acids is 2. The fourth-order valence-corrected chi connectivity index (χ4v) is 4.53. The largest absolute Gasteiger partial charge is 0.573 e. The Morgan fingerprint density at radius 3 is 2.29 bits per heavy atom. The Kier molecular flexibility index (Phi) is 8.55. The van der Waals surface area contributed by atoms with E-state index in [0.29, 0.717) is 5.56 Å². The van der Waals surface area contributed by atoms with Crippen molar-refractivity contribution >= 4 is 41.0 Å². The minimum absolute atomic E-state index is 0.0511. The highest BCUT2D eigenvalue weighted by Gasteiger charge is 2.32. The second-order valence-corrected chi connectivity index (χ2v) is 10.6. The molecule has 0 saturated heterocycles. The molecule has 0 bridgehead atoms. The molecular formula is C26H26B3F4N3O5. The van der Waals surface area contributed by atoms with E-state index in [2.05, 4.69) is 15.0 Å². The number of ether oxygens (including phenoxy) is 3. The highest BCUT2D eigenvalue weighted by atomic mass is 19.4. The summed E-state index contributed by atoms with van der Waals surface area (Å²) < 4.78 is 70.2. The minimum atomic E-state index is -4.94. The number of nitrogens with zero attached hydrogens (tertiary/aromatic N) is 1. The van der Waals surface area contributed by atoms with Gasteiger partial charge in [0.1, 0.15) is 52.1 Å². The molecule has 1 heterocycles. The summed E-state index contributed by atoms with van der Waals surface area (Å²) in [5, 5.41) is 1.66. The first-order valence-corrected chi connectivity index (χ1v) is 12.9. The Hall–Kier alpha value is -4.16. The number of nitrogens with one attached hydrogen (secondary N) is 1. The molecule has 0 radical (unpaired) electrons. The summed E-state index contributed by atoms with van der Waals surface area (Å²) in [6.07, 6.45) is -0.0726. The Morgan fingerprint density at radius 2 is 1.66 bits per heavy atom. The molecule has 8 nitrogen and oxygen atoms in total. The van der Waals surface area contributed by atoms with Crippen LogP contribution in [0.5, 0.6) is 23.0 Å². The lowest BCUT2D eigenvalue weighted by Gasteiger charge is -2.25. The monoisotopic (exact) mass is 569 g/mol. The summed E-state index contributed by atoms with van der Waals surface area (Å²) in [5.74, 6) is -3.41. The number of halogens is 4. The van der Waals surface area contributed by atoms with Crippen LogP contribution in [0.2, 0.25) is 0 Å². The number of primary amides is 1. The number of nitrogens with two attached hydrogens (primary N) is 1. The Balaban J connectivity index is 1.77. The van der Waals surface area contributed by atoms with E-state index in [1.807, 2.05) is 0 Å². The number of alkyl halides is 3. The maximum atomic E-state index is 15.6. The van der Waals surface area contributed by atoms with Gasteiger partial charge in [0.2, 0.25) is 0 Å². The van der Waals surface area contributed by atoms with Gasteiger partial charge in [0.05, 0.1) is 0 Å². The van der Waals surface area contributed by atoms with Crippen molar-refractivity contribution in [1.82, 2.24) is 4.98 Å². The maximum absolute atomic E-state index is 15.6. The standard InChI is InChI=1S/C26H26B3F4N3O5/c27-25(28,29)41-20-12-16(40-26(31,32)33)5-6-19(20)39-21-10-14(13-3-1-2-4-13)9-17(30)22(21)24(38)36-15-7-8-35-18(11-15)23(34)37/h5-13H,1-4,27-29H2,(H2,34,37)(H,35,36,38). The number of hydrogen-bond acceptors (Lipinski definition) is 6. The zero-order chi connectivity index (χ0) is 29.9. The van der Waals surface area contributed by atoms with E-state index >= 15 is 4.39 Å². The van der Waals surface area contributed by atoms with Crippen LogP contribution in [-0.2, 0) is 0 Å². The van der Waals surface area contributed by atoms with Gasteiger partial charge in [-0.1, -0.05) is 12.8 Å². The third-order valence-corrected chi connectivity index (χ3v) is 6.19. The molecule has 1 aliphatic rings. The summed E-state index contributed by atoms with van der Waals surface area (Å²) in [5.41, 5.74) is 5.45. The predicted molar refractivity (Wildman–Crippen MR) is 151 cm³/mol. The molecule has 1 aromatic heterocycles. The first kappa shape index (κ1) is 29.8. The number of amides is 2. The fraction of sp³-hybridized carbons (Fsp3) is 0.269. The molecule has 1 aliphatic carbocycles. The number of benzene rings is 2. The smallest absolute Gasteiger partial charge is 0.510 e. The lowest BCUT2D eigenvalue weighted by molar-refractivity contribution is -0.274. The summed E-state index contributed by atoms with van der Waals surface area (Å²) in [6, 6.07) is 8.68. The molecule has 0 atom stereocenters. The van der Waals surface area contributed by atoms with Crippen LogP contribution in [-0.4, -0.2) is 52.0 Å². The number of carbonyl (C=O) groups is 2. The topological polar surface area (TPSA) is 113 Å². The average molecular weight is 569 g/mol. The van der Waals surface area contributed by atoms with Crippen LogP contribution < -0.4 is 25.3 Å². The van der Waals surface area contributed by atoms with Crippen molar-refractivity contribution in [3.63, 3.8) is 0 Å². The van der Waals surface area contributed by atoms with Gasteiger partial charge in [0.15, 0.2) is 11.5 Å². The summed E-state index contributed by atoms with van der Waals surface area (Å²) >= 11 is 0. The van der Waals surface area contributed by atoms with Crippen molar-refractivity contribution in [2.45, 2.75) is 43.3 Å². The van der Waals surface area contributed by atoms with E-state index in [1.165, 1.54) is 30.5 Å². The quantitative estimate of drug-likeness (QED) is 0.303. The molecule has 41 heavy (non-hydrogen) atoms. The Morgan fingerprint density at radius 1 is 0.951 bits per heavy atom. The summed E-state index contributed by atoms with van der Waals surface area (Å²) in [7, 11) is 5.05. The molecule has 0 spiro atoms. The van der Waals surface area contributed by atoms with Crippen LogP contribution in [0, 0.1) is 5.82 Å². The van der Waals surface area contributed by atoms with E-state index in [4.69, 9.17) is 15.2 Å². The third kappa shape index (κ3) is 7.95. The van der Waals surface area contributed by atoms with Crippen molar-refractivity contribution < 1.29 is 41.4 Å². The molecule has 4 rings (SSSR count). The number of rotatable bonds is 9. The molecular weight excluding hydrogens is 543 g/mol. The normalized spacial score (nSPS) is 14.0. The van der Waals surface area contributed by atoms with E-state index in [1.54, 1.807) is 29.6 Å². The molecule has 212 valence electrons. The molecule has 15 heteroatoms. The van der Waals surface area contributed by atoms with E-state index < -0.39 is 40.6 Å². The highest BCUT2D eigenvalue weighted by molar-refractivity contribution is 6.58. The molecule has 2 aromatic carbocycles. The number of hydrogen-bond donors (Lipinski definition) is 2. The second kappa shape index (κ2) is 11.8. The predicted octanol–water partition coefficient (Wildman–Crippen LogP) is 2.81. The molecule has 0 unspecified atom stereocenters. The highest BCUT2D eigenvalue weighted by Crippen LogP contribution is 2.42. The zero-order valence-corrected chi connectivity index (χ0v) is 22.6. The van der Waals surface area contributed by atoms with Crippen LogP contribution in [0.15, 0.2) is 48.7 Å². The van der Waals surface area contributed by atoms with Gasteiger partial charge in [-0.2, -0.15) is 0 Å². The van der Waals surface area contributed by atoms with Crippen molar-refractivity contribution in [1.29, 1.82) is 0 Å². The molecule has 3 aromatic rings. The first-order chi connectivity index (χ1) is 19.2. The Labute approximate surface area is 236 Å². The number of aromatic nitrogens is 1. The first-order valence-electron chi connectivity index (χ1n) is 12.9. The SMILES string of the molecule is BC(B)(B)Oc1cc(OC(F)(F)F)ccc1Oc1cc(C2CCCC2)cc(F)c1C(=O)Nc1ccnc(C(N)=O)c1. The minimum Gasteiger partial charge on any atom is -0.510 e. The summed E-state index contributed by atoms with van der Waals surface area (Å²) in [6.45, 7) is 0. The van der Waals surface area contributed by atoms with Crippen LogP contribution in [0.4, 0.5) is 23.2 Å². The van der Waals surface area contributed by atoms with Gasteiger partial charge < -0.3 is 25.3 Å². The number of anilines is 1. The van der Waals surface area contributed by atoms with Gasteiger partial charge in [-0.15, -0.1) is 13.2 Å². The molecule has 3 N–H and O–H groups in total. The van der Waals surface area contributed by atoms with Crippen molar-refractivity contribution in [3.8, 4) is 23.0 Å². The molecule has 0 aliphatic heterocycles. The van der Waals surface area contributed by atoms with Crippen LogP contribution >= 0.6 is 0 Å². The molecule has 1 fully saturated rings. The van der Waals surface area contributed by atoms with Gasteiger partial charge in [0.25, 0.3) is 11.8 Å². The van der Waals surface area contributed by atoms with E-state index in [0.717, 1.165) is 37.8 Å². The van der Waals surface area contributed by atoms with Gasteiger partial charge in [-0.3, -0.25) is 14.6 Å². The zero-order valence-electron chi connectivity index (χ0n) is 22.6. The van der Waals surface area contributed by atoms with Gasteiger partial charge in [-0.25, -0.2) is 4.39 Å². The number of pyridine rings is 1. The van der Waals surface area contributed by atoms with Gasteiger partial charge >= 0.3 is 6.36 Å². The van der Waals surface area contributed by atoms with Crippen molar-refractivity contribution in [2.75, 3.05) is 5.32 Å². The third-order valence-electron chi connectivity index (χ3n) is 6.19. The second-order valence-electron chi connectivity index (χ2n) is 10.6. The molecule has 2 amide bonds. The lowest BCUT2D eigenvalue weighted by atomic mass is 9.52.